The summed E-state index contributed by atoms with van der Waals surface area (Å²) in [7, 11) is 1.78. The Morgan fingerprint density at radius 1 is 1.13 bits per heavy atom. The van der Waals surface area contributed by atoms with Gasteiger partial charge in [-0.05, 0) is 38.5 Å². The maximum Gasteiger partial charge on any atom is 0.306 e. The van der Waals surface area contributed by atoms with Crippen molar-refractivity contribution in [2.45, 2.75) is 57.0 Å². The molecule has 3 rings (SSSR count). The molecule has 0 amide bonds. The lowest BCUT2D eigenvalue weighted by molar-refractivity contribution is -0.149. The van der Waals surface area contributed by atoms with Crippen molar-refractivity contribution < 1.29 is 19.4 Å². The Hall–Kier alpha value is -0.690. The summed E-state index contributed by atoms with van der Waals surface area (Å²) in [6, 6.07) is 0. The number of ether oxygens (including phenoxy) is 2. The molecule has 3 aliphatic rings. The number of likely N-dealkylation sites (tertiary alicyclic amines) is 2. The Kier molecular flexibility index (Phi) is 5.91. The van der Waals surface area contributed by atoms with Gasteiger partial charge in [0.25, 0.3) is 0 Å². The van der Waals surface area contributed by atoms with Crippen molar-refractivity contribution in [3.63, 3.8) is 0 Å². The van der Waals surface area contributed by atoms with Crippen LogP contribution in [0.3, 0.4) is 0 Å². The molecule has 0 spiro atoms. The number of aliphatic carboxylic acids is 1. The molecule has 2 aliphatic heterocycles. The fraction of sp³-hybridized carbons (Fsp3) is 0.941. The van der Waals surface area contributed by atoms with E-state index in [4.69, 9.17) is 14.6 Å². The summed E-state index contributed by atoms with van der Waals surface area (Å²) >= 11 is 0. The van der Waals surface area contributed by atoms with Gasteiger partial charge in [-0.2, -0.15) is 0 Å². The van der Waals surface area contributed by atoms with Crippen molar-refractivity contribution in [1.29, 1.82) is 0 Å². The van der Waals surface area contributed by atoms with E-state index in [1.807, 2.05) is 0 Å². The van der Waals surface area contributed by atoms with E-state index in [0.717, 1.165) is 58.4 Å². The highest BCUT2D eigenvalue weighted by molar-refractivity contribution is 5.70. The molecular weight excluding hydrogens is 296 g/mol. The Balaban J connectivity index is 1.49. The van der Waals surface area contributed by atoms with Gasteiger partial charge >= 0.3 is 5.97 Å². The minimum absolute atomic E-state index is 0.154. The van der Waals surface area contributed by atoms with Crippen LogP contribution in [0.25, 0.3) is 0 Å². The van der Waals surface area contributed by atoms with E-state index in [0.29, 0.717) is 6.10 Å². The second kappa shape index (κ2) is 7.92. The van der Waals surface area contributed by atoms with Crippen LogP contribution in [0.1, 0.15) is 38.5 Å². The predicted octanol–water partition coefficient (Wildman–Crippen LogP) is 1.40. The number of carboxylic acid groups (broad SMARTS) is 1. The van der Waals surface area contributed by atoms with Gasteiger partial charge in [0.15, 0.2) is 0 Å². The molecule has 6 nitrogen and oxygen atoms in total. The van der Waals surface area contributed by atoms with Crippen molar-refractivity contribution >= 4 is 5.97 Å². The first-order chi connectivity index (χ1) is 11.2. The normalized spacial score (nSPS) is 31.9. The fourth-order valence-corrected chi connectivity index (χ4v) is 3.98. The van der Waals surface area contributed by atoms with Crippen LogP contribution in [0, 0.1) is 5.92 Å². The SMILES string of the molecule is COC1CN(CC(OC2CCC(C(=O)O)CC2)N2CCCC2)C1. The number of methoxy groups -OCH3 is 1. The zero-order chi connectivity index (χ0) is 16.2. The Bertz CT molecular complexity index is 386. The van der Waals surface area contributed by atoms with E-state index in [-0.39, 0.29) is 18.2 Å². The molecule has 1 atom stereocenters. The van der Waals surface area contributed by atoms with Gasteiger partial charge in [0.05, 0.1) is 18.1 Å². The molecule has 1 unspecified atom stereocenters. The molecule has 1 N–H and O–H groups in total. The minimum Gasteiger partial charge on any atom is -0.481 e. The molecule has 0 bridgehead atoms. The maximum absolute atomic E-state index is 11.1. The molecule has 0 aromatic heterocycles. The van der Waals surface area contributed by atoms with E-state index >= 15 is 0 Å². The zero-order valence-electron chi connectivity index (χ0n) is 14.2. The topological polar surface area (TPSA) is 62.2 Å². The summed E-state index contributed by atoms with van der Waals surface area (Å²) in [5, 5.41) is 9.12. The van der Waals surface area contributed by atoms with Crippen molar-refractivity contribution in [3.8, 4) is 0 Å². The van der Waals surface area contributed by atoms with Crippen LogP contribution in [0.4, 0.5) is 0 Å². The van der Waals surface area contributed by atoms with Crippen LogP contribution in [-0.4, -0.2) is 79.1 Å². The van der Waals surface area contributed by atoms with Crippen molar-refractivity contribution in [3.05, 3.63) is 0 Å². The van der Waals surface area contributed by atoms with Crippen molar-refractivity contribution in [2.24, 2.45) is 5.92 Å². The van der Waals surface area contributed by atoms with Gasteiger partial charge in [0.2, 0.25) is 0 Å². The number of hydrogen-bond acceptors (Lipinski definition) is 5. The first kappa shape index (κ1) is 17.1. The predicted molar refractivity (Wildman–Crippen MR) is 86.3 cm³/mol. The smallest absolute Gasteiger partial charge is 0.306 e. The first-order valence-corrected chi connectivity index (χ1v) is 9.03. The lowest BCUT2D eigenvalue weighted by Crippen LogP contribution is -2.57. The number of hydrogen-bond donors (Lipinski definition) is 1. The van der Waals surface area contributed by atoms with Gasteiger partial charge < -0.3 is 14.6 Å². The largest absolute Gasteiger partial charge is 0.481 e. The van der Waals surface area contributed by atoms with Crippen LogP contribution < -0.4 is 0 Å². The second-order valence-electron chi connectivity index (χ2n) is 7.22. The summed E-state index contributed by atoms with van der Waals surface area (Å²) in [5.41, 5.74) is 0. The summed E-state index contributed by atoms with van der Waals surface area (Å²) in [6.07, 6.45) is 6.52. The lowest BCUT2D eigenvalue weighted by atomic mass is 9.87. The number of nitrogens with zero attached hydrogens (tertiary/aromatic N) is 2. The molecule has 132 valence electrons. The summed E-state index contributed by atoms with van der Waals surface area (Å²) in [4.78, 5) is 15.9. The number of carbonyl (C=O) groups is 1. The van der Waals surface area contributed by atoms with Crippen LogP contribution >= 0.6 is 0 Å². The summed E-state index contributed by atoms with van der Waals surface area (Å²) in [6.45, 7) is 5.18. The molecule has 2 saturated heterocycles. The van der Waals surface area contributed by atoms with Gasteiger partial charge in [-0.3, -0.25) is 14.6 Å². The first-order valence-electron chi connectivity index (χ1n) is 9.03. The molecule has 23 heavy (non-hydrogen) atoms. The highest BCUT2D eigenvalue weighted by Crippen LogP contribution is 2.29. The quantitative estimate of drug-likeness (QED) is 0.763. The van der Waals surface area contributed by atoms with Gasteiger partial charge in [-0.1, -0.05) is 0 Å². The minimum atomic E-state index is -0.647. The average molecular weight is 326 g/mol. The van der Waals surface area contributed by atoms with Gasteiger partial charge in [0.1, 0.15) is 6.23 Å². The fourth-order valence-electron chi connectivity index (χ4n) is 3.98. The number of carboxylic acids is 1. The van der Waals surface area contributed by atoms with E-state index < -0.39 is 5.97 Å². The maximum atomic E-state index is 11.1. The van der Waals surface area contributed by atoms with Crippen LogP contribution in [-0.2, 0) is 14.3 Å². The average Bonchev–Trinajstić information content (AvgIpc) is 3.04. The molecule has 0 radical (unpaired) electrons. The lowest BCUT2D eigenvalue weighted by Gasteiger charge is -2.43. The highest BCUT2D eigenvalue weighted by atomic mass is 16.5. The van der Waals surface area contributed by atoms with Crippen molar-refractivity contribution in [2.75, 3.05) is 39.8 Å². The molecule has 0 aromatic rings. The number of rotatable bonds is 7. The molecular formula is C17H30N2O4. The monoisotopic (exact) mass is 326 g/mol. The standard InChI is InChI=1S/C17H30N2O4/c1-22-15-10-18(11-15)12-16(19-8-2-3-9-19)23-14-6-4-13(5-7-14)17(20)21/h13-16H,2-12H2,1H3,(H,20,21). The van der Waals surface area contributed by atoms with E-state index in [2.05, 4.69) is 9.80 Å². The molecule has 0 aromatic carbocycles. The third kappa shape index (κ3) is 4.44. The molecule has 1 saturated carbocycles. The summed E-state index contributed by atoms with van der Waals surface area (Å²) in [5.74, 6) is -0.816. The Morgan fingerprint density at radius 2 is 1.78 bits per heavy atom. The van der Waals surface area contributed by atoms with Crippen molar-refractivity contribution in [1.82, 2.24) is 9.80 Å². The highest BCUT2D eigenvalue weighted by Gasteiger charge is 2.34. The van der Waals surface area contributed by atoms with Gasteiger partial charge in [-0.15, -0.1) is 0 Å². The Morgan fingerprint density at radius 3 is 2.35 bits per heavy atom. The molecule has 3 fully saturated rings. The third-order valence-corrected chi connectivity index (χ3v) is 5.59. The van der Waals surface area contributed by atoms with Crippen LogP contribution in [0.2, 0.25) is 0 Å². The van der Waals surface area contributed by atoms with E-state index in [1.165, 1.54) is 12.8 Å². The third-order valence-electron chi connectivity index (χ3n) is 5.59. The van der Waals surface area contributed by atoms with E-state index in [9.17, 15) is 4.79 Å². The van der Waals surface area contributed by atoms with E-state index in [1.54, 1.807) is 7.11 Å². The Labute approximate surface area is 138 Å². The molecule has 6 heteroatoms. The van der Waals surface area contributed by atoms with Gasteiger partial charge in [0, 0.05) is 39.8 Å². The second-order valence-corrected chi connectivity index (χ2v) is 7.22. The van der Waals surface area contributed by atoms with Crippen LogP contribution in [0.15, 0.2) is 0 Å². The molecule has 1 aliphatic carbocycles. The zero-order valence-corrected chi connectivity index (χ0v) is 14.2. The summed E-state index contributed by atoms with van der Waals surface area (Å²) < 4.78 is 11.8. The van der Waals surface area contributed by atoms with Gasteiger partial charge in [-0.25, -0.2) is 0 Å². The van der Waals surface area contributed by atoms with Crippen LogP contribution in [0.5, 0.6) is 0 Å². The molecule has 2 heterocycles.